The monoisotopic (exact) mass is 467 g/mol. The minimum atomic E-state index is -0.448. The van der Waals surface area contributed by atoms with Crippen LogP contribution in [0.4, 0.5) is 11.6 Å². The van der Waals surface area contributed by atoms with Crippen molar-refractivity contribution in [2.75, 3.05) is 18.0 Å². The molecule has 1 aromatic carbocycles. The molecule has 4 heterocycles. The quantitative estimate of drug-likeness (QED) is 0.211. The maximum Gasteiger partial charge on any atom is 0.269 e. The highest BCUT2D eigenvalue weighted by Gasteiger charge is 2.22. The van der Waals surface area contributed by atoms with Crippen LogP contribution < -0.4 is 4.90 Å². The lowest BCUT2D eigenvalue weighted by Gasteiger charge is -2.27. The van der Waals surface area contributed by atoms with Gasteiger partial charge in [-0.15, -0.1) is 20.4 Å². The summed E-state index contributed by atoms with van der Waals surface area (Å²) < 4.78 is 13.4. The molecule has 0 unspecified atom stereocenters. The molecule has 12 heteroatoms. The Kier molecular flexibility index (Phi) is 6.07. The fourth-order valence-corrected chi connectivity index (χ4v) is 4.46. The standard InChI is InChI=1S/C21H21N7O4S/c29-28(30)16-8-6-15(7-9-16)19-23-22-18(32-19)14-33-21-25-24-20(26-10-2-1-3-11-26)27(21)13-17-5-4-12-31-17/h4-9,12H,1-3,10-11,13-14H2. The van der Waals surface area contributed by atoms with Crippen LogP contribution in [0.15, 0.2) is 56.7 Å². The molecule has 0 aliphatic carbocycles. The van der Waals surface area contributed by atoms with E-state index in [4.69, 9.17) is 8.83 Å². The van der Waals surface area contributed by atoms with Gasteiger partial charge in [0.2, 0.25) is 17.7 Å². The van der Waals surface area contributed by atoms with Gasteiger partial charge in [0.25, 0.3) is 5.69 Å². The Labute approximate surface area is 193 Å². The van der Waals surface area contributed by atoms with Crippen LogP contribution in [0.3, 0.4) is 0 Å². The van der Waals surface area contributed by atoms with Gasteiger partial charge >= 0.3 is 0 Å². The van der Waals surface area contributed by atoms with Gasteiger partial charge in [-0.3, -0.25) is 14.7 Å². The van der Waals surface area contributed by atoms with E-state index >= 15 is 0 Å². The molecule has 1 aliphatic heterocycles. The van der Waals surface area contributed by atoms with Crippen LogP contribution in [-0.4, -0.2) is 43.0 Å². The molecule has 0 bridgehead atoms. The van der Waals surface area contributed by atoms with E-state index in [1.807, 2.05) is 12.1 Å². The number of benzene rings is 1. The molecule has 0 amide bonds. The van der Waals surface area contributed by atoms with E-state index in [9.17, 15) is 10.1 Å². The molecule has 0 radical (unpaired) electrons. The van der Waals surface area contributed by atoms with Crippen LogP contribution >= 0.6 is 11.8 Å². The highest BCUT2D eigenvalue weighted by atomic mass is 32.2. The van der Waals surface area contributed by atoms with E-state index in [1.54, 1.807) is 18.4 Å². The van der Waals surface area contributed by atoms with Crippen LogP contribution in [0.5, 0.6) is 0 Å². The van der Waals surface area contributed by atoms with Crippen molar-refractivity contribution in [1.29, 1.82) is 0 Å². The van der Waals surface area contributed by atoms with Gasteiger partial charge < -0.3 is 13.7 Å². The van der Waals surface area contributed by atoms with Gasteiger partial charge in [-0.25, -0.2) is 0 Å². The summed E-state index contributed by atoms with van der Waals surface area (Å²) in [5.74, 6) is 2.82. The summed E-state index contributed by atoms with van der Waals surface area (Å²) in [6.07, 6.45) is 5.18. The number of furan rings is 1. The summed E-state index contributed by atoms with van der Waals surface area (Å²) >= 11 is 1.46. The van der Waals surface area contributed by atoms with Crippen molar-refractivity contribution in [3.8, 4) is 11.5 Å². The minimum Gasteiger partial charge on any atom is -0.467 e. The lowest BCUT2D eigenvalue weighted by molar-refractivity contribution is -0.384. The molecule has 11 nitrogen and oxygen atoms in total. The zero-order chi connectivity index (χ0) is 22.6. The maximum atomic E-state index is 10.8. The molecular weight excluding hydrogens is 446 g/mol. The number of nitrogens with zero attached hydrogens (tertiary/aromatic N) is 7. The van der Waals surface area contributed by atoms with E-state index in [-0.39, 0.29) is 5.69 Å². The summed E-state index contributed by atoms with van der Waals surface area (Å²) in [4.78, 5) is 12.7. The lowest BCUT2D eigenvalue weighted by atomic mass is 10.1. The van der Waals surface area contributed by atoms with Crippen molar-refractivity contribution >= 4 is 23.4 Å². The number of nitro groups is 1. The second kappa shape index (κ2) is 9.45. The number of nitro benzene ring substituents is 1. The average Bonchev–Trinajstić information content (AvgIpc) is 3.60. The summed E-state index contributed by atoms with van der Waals surface area (Å²) in [5.41, 5.74) is 0.632. The predicted molar refractivity (Wildman–Crippen MR) is 120 cm³/mol. The first-order valence-electron chi connectivity index (χ1n) is 10.6. The van der Waals surface area contributed by atoms with Crippen molar-refractivity contribution in [2.24, 2.45) is 0 Å². The number of hydrogen-bond donors (Lipinski definition) is 0. The third kappa shape index (κ3) is 4.75. The maximum absolute atomic E-state index is 10.8. The molecule has 1 fully saturated rings. The van der Waals surface area contributed by atoms with Crippen LogP contribution in [0.2, 0.25) is 0 Å². The number of non-ortho nitro benzene ring substituents is 1. The Bertz CT molecular complexity index is 1210. The fourth-order valence-electron chi connectivity index (χ4n) is 3.69. The predicted octanol–water partition coefficient (Wildman–Crippen LogP) is 4.16. The van der Waals surface area contributed by atoms with Crippen LogP contribution in [0.25, 0.3) is 11.5 Å². The number of rotatable bonds is 8. The number of thioether (sulfide) groups is 1. The SMILES string of the molecule is O=[N+]([O-])c1ccc(-c2nnc(CSc3nnc(N4CCCCC4)n3Cc3ccco3)o2)cc1. The summed E-state index contributed by atoms with van der Waals surface area (Å²) in [7, 11) is 0. The largest absolute Gasteiger partial charge is 0.467 e. The van der Waals surface area contributed by atoms with Crippen LogP contribution in [-0.2, 0) is 12.3 Å². The first kappa shape index (κ1) is 21.2. The third-order valence-corrected chi connectivity index (χ3v) is 6.30. The number of piperidine rings is 1. The van der Waals surface area contributed by atoms with Gasteiger partial charge in [-0.2, -0.15) is 0 Å². The number of aromatic nitrogens is 5. The normalized spacial score (nSPS) is 14.0. The van der Waals surface area contributed by atoms with Gasteiger partial charge in [0.05, 0.1) is 23.5 Å². The summed E-state index contributed by atoms with van der Waals surface area (Å²) in [6.45, 7) is 2.46. The van der Waals surface area contributed by atoms with Gasteiger partial charge in [-0.05, 0) is 43.5 Å². The van der Waals surface area contributed by atoms with Crippen molar-refractivity contribution in [3.05, 3.63) is 64.4 Å². The van der Waals surface area contributed by atoms with Crippen LogP contribution in [0.1, 0.15) is 30.9 Å². The summed E-state index contributed by atoms with van der Waals surface area (Å²) in [5, 5.41) is 28.6. The third-order valence-electron chi connectivity index (χ3n) is 5.35. The molecule has 0 saturated carbocycles. The molecule has 0 spiro atoms. The second-order valence-electron chi connectivity index (χ2n) is 7.59. The second-order valence-corrected chi connectivity index (χ2v) is 8.53. The van der Waals surface area contributed by atoms with Gasteiger partial charge in [0.1, 0.15) is 5.76 Å². The molecule has 170 valence electrons. The molecule has 33 heavy (non-hydrogen) atoms. The first-order valence-corrected chi connectivity index (χ1v) is 11.6. The number of anilines is 1. The van der Waals surface area contributed by atoms with Gasteiger partial charge in [0, 0.05) is 30.8 Å². The Hall–Kier alpha value is -3.67. The molecule has 0 N–H and O–H groups in total. The van der Waals surface area contributed by atoms with Gasteiger partial charge in [0.15, 0.2) is 5.16 Å². The van der Waals surface area contributed by atoms with Crippen molar-refractivity contribution in [3.63, 3.8) is 0 Å². The molecule has 3 aromatic heterocycles. The zero-order valence-electron chi connectivity index (χ0n) is 17.7. The van der Waals surface area contributed by atoms with E-state index in [2.05, 4.69) is 29.9 Å². The zero-order valence-corrected chi connectivity index (χ0v) is 18.5. The van der Waals surface area contributed by atoms with E-state index in [1.165, 1.54) is 30.3 Å². The molecular formula is C21H21N7O4S. The summed E-state index contributed by atoms with van der Waals surface area (Å²) in [6, 6.07) is 9.80. The van der Waals surface area contributed by atoms with E-state index < -0.39 is 4.92 Å². The highest BCUT2D eigenvalue weighted by Crippen LogP contribution is 2.29. The first-order chi connectivity index (χ1) is 16.2. The highest BCUT2D eigenvalue weighted by molar-refractivity contribution is 7.98. The Balaban J connectivity index is 1.32. The van der Waals surface area contributed by atoms with Crippen LogP contribution in [0, 0.1) is 10.1 Å². The van der Waals surface area contributed by atoms with Crippen molar-refractivity contribution in [1.82, 2.24) is 25.0 Å². The molecule has 1 aliphatic rings. The van der Waals surface area contributed by atoms with Crippen molar-refractivity contribution < 1.29 is 13.8 Å². The number of hydrogen-bond acceptors (Lipinski definition) is 10. The molecule has 0 atom stereocenters. The fraction of sp³-hybridized carbons (Fsp3) is 0.333. The lowest BCUT2D eigenvalue weighted by Crippen LogP contribution is -2.32. The van der Waals surface area contributed by atoms with Gasteiger partial charge in [-0.1, -0.05) is 11.8 Å². The molecule has 5 rings (SSSR count). The van der Waals surface area contributed by atoms with E-state index in [0.717, 1.165) is 42.8 Å². The Morgan fingerprint density at radius 2 is 1.85 bits per heavy atom. The topological polar surface area (TPSA) is 129 Å². The Morgan fingerprint density at radius 3 is 2.58 bits per heavy atom. The Morgan fingerprint density at radius 1 is 1.03 bits per heavy atom. The average molecular weight is 468 g/mol. The molecule has 1 saturated heterocycles. The van der Waals surface area contributed by atoms with E-state index in [0.29, 0.717) is 29.6 Å². The minimum absolute atomic E-state index is 0.00875. The van der Waals surface area contributed by atoms with Crippen molar-refractivity contribution in [2.45, 2.75) is 36.7 Å². The molecule has 4 aromatic rings. The smallest absolute Gasteiger partial charge is 0.269 e.